The topological polar surface area (TPSA) is 60.2 Å². The highest BCUT2D eigenvalue weighted by molar-refractivity contribution is 7.90. The van der Waals surface area contributed by atoms with Gasteiger partial charge in [0, 0.05) is 0 Å². The van der Waals surface area contributed by atoms with E-state index in [1.165, 1.54) is 0 Å². The highest BCUT2D eigenvalue weighted by Gasteiger charge is 2.18. The van der Waals surface area contributed by atoms with Crippen molar-refractivity contribution in [3.63, 3.8) is 0 Å². The normalized spacial score (nSPS) is 11.4. The first-order chi connectivity index (χ1) is 8.49. The second-order valence-corrected chi connectivity index (χ2v) is 6.24. The van der Waals surface area contributed by atoms with Gasteiger partial charge in [-0.1, -0.05) is 36.4 Å². The van der Waals surface area contributed by atoms with Gasteiger partial charge in [-0.3, -0.25) is 0 Å². The van der Waals surface area contributed by atoms with Crippen molar-refractivity contribution in [2.75, 3.05) is 5.73 Å². The molecule has 4 heteroatoms. The van der Waals surface area contributed by atoms with Crippen LogP contribution in [0.15, 0.2) is 53.4 Å². The van der Waals surface area contributed by atoms with Crippen LogP contribution >= 0.6 is 0 Å². The number of aryl methyl sites for hydroxylation is 1. The highest BCUT2D eigenvalue weighted by Crippen LogP contribution is 2.23. The van der Waals surface area contributed by atoms with Gasteiger partial charge in [0.05, 0.1) is 16.3 Å². The maximum absolute atomic E-state index is 12.3. The molecule has 0 aliphatic heterocycles. The van der Waals surface area contributed by atoms with E-state index in [-0.39, 0.29) is 10.6 Å². The molecule has 94 valence electrons. The van der Waals surface area contributed by atoms with Crippen molar-refractivity contribution in [2.24, 2.45) is 0 Å². The summed E-state index contributed by atoms with van der Waals surface area (Å²) in [4.78, 5) is 0.214. The van der Waals surface area contributed by atoms with Crippen LogP contribution in [-0.2, 0) is 15.6 Å². The summed E-state index contributed by atoms with van der Waals surface area (Å²) in [6.45, 7) is 1.85. The minimum absolute atomic E-state index is 0.0263. The lowest BCUT2D eigenvalue weighted by Crippen LogP contribution is -2.08. The number of hydrogen-bond donors (Lipinski definition) is 1. The number of benzene rings is 2. The molecule has 18 heavy (non-hydrogen) atoms. The van der Waals surface area contributed by atoms with E-state index < -0.39 is 9.84 Å². The number of sulfone groups is 1. The van der Waals surface area contributed by atoms with E-state index in [0.717, 1.165) is 11.1 Å². The molecule has 0 spiro atoms. The summed E-state index contributed by atoms with van der Waals surface area (Å²) >= 11 is 0. The largest absolute Gasteiger partial charge is 0.398 e. The fourth-order valence-corrected chi connectivity index (χ4v) is 3.36. The summed E-state index contributed by atoms with van der Waals surface area (Å²) in [5.74, 6) is -0.0263. The third kappa shape index (κ3) is 2.71. The summed E-state index contributed by atoms with van der Waals surface area (Å²) in [6, 6.07) is 14.1. The van der Waals surface area contributed by atoms with E-state index in [9.17, 15) is 8.42 Å². The molecule has 2 rings (SSSR count). The Hall–Kier alpha value is -1.81. The molecule has 0 aliphatic rings. The van der Waals surface area contributed by atoms with Crippen LogP contribution in [0.2, 0.25) is 0 Å². The minimum Gasteiger partial charge on any atom is -0.398 e. The second kappa shape index (κ2) is 4.82. The molecular weight excluding hydrogens is 246 g/mol. The van der Waals surface area contributed by atoms with Gasteiger partial charge in [-0.2, -0.15) is 0 Å². The maximum atomic E-state index is 12.3. The molecule has 0 unspecified atom stereocenters. The smallest absolute Gasteiger partial charge is 0.184 e. The Morgan fingerprint density at radius 2 is 1.72 bits per heavy atom. The molecular formula is C14H15NO2S. The molecule has 0 aromatic heterocycles. The maximum Gasteiger partial charge on any atom is 0.184 e. The van der Waals surface area contributed by atoms with E-state index in [1.807, 2.05) is 25.1 Å². The quantitative estimate of drug-likeness (QED) is 0.864. The number of nitrogen functional groups attached to an aromatic ring is 1. The third-order valence-corrected chi connectivity index (χ3v) is 4.44. The van der Waals surface area contributed by atoms with Crippen LogP contribution in [0.25, 0.3) is 0 Å². The van der Waals surface area contributed by atoms with Crippen molar-refractivity contribution < 1.29 is 8.42 Å². The molecule has 0 bridgehead atoms. The zero-order chi connectivity index (χ0) is 13.2. The highest BCUT2D eigenvalue weighted by atomic mass is 32.2. The molecule has 2 aromatic rings. The van der Waals surface area contributed by atoms with Crippen molar-refractivity contribution in [3.8, 4) is 0 Å². The Kier molecular flexibility index (Phi) is 3.39. The number of hydrogen-bond acceptors (Lipinski definition) is 3. The van der Waals surface area contributed by atoms with Crippen LogP contribution in [-0.4, -0.2) is 8.42 Å². The van der Waals surface area contributed by atoms with Crippen molar-refractivity contribution in [2.45, 2.75) is 17.6 Å². The van der Waals surface area contributed by atoms with Crippen LogP contribution in [0.5, 0.6) is 0 Å². The Bertz CT molecular complexity index is 649. The van der Waals surface area contributed by atoms with Gasteiger partial charge >= 0.3 is 0 Å². The zero-order valence-electron chi connectivity index (χ0n) is 10.1. The van der Waals surface area contributed by atoms with Gasteiger partial charge in [0.25, 0.3) is 0 Å². The van der Waals surface area contributed by atoms with Crippen LogP contribution in [0, 0.1) is 6.92 Å². The molecule has 0 atom stereocenters. The first-order valence-corrected chi connectivity index (χ1v) is 7.27. The summed E-state index contributed by atoms with van der Waals surface area (Å²) in [7, 11) is -3.39. The first-order valence-electron chi connectivity index (χ1n) is 5.62. The summed E-state index contributed by atoms with van der Waals surface area (Å²) in [5, 5.41) is 0. The van der Waals surface area contributed by atoms with Crippen LogP contribution < -0.4 is 5.73 Å². The van der Waals surface area contributed by atoms with E-state index in [1.54, 1.807) is 30.3 Å². The number of rotatable bonds is 3. The summed E-state index contributed by atoms with van der Waals surface area (Å²) in [5.41, 5.74) is 7.70. The number of nitrogens with two attached hydrogens (primary N) is 1. The van der Waals surface area contributed by atoms with Gasteiger partial charge in [-0.25, -0.2) is 8.42 Å². The van der Waals surface area contributed by atoms with E-state index in [2.05, 4.69) is 0 Å². The Morgan fingerprint density at radius 3 is 2.39 bits per heavy atom. The lowest BCUT2D eigenvalue weighted by atomic mass is 10.2. The third-order valence-electron chi connectivity index (χ3n) is 2.70. The van der Waals surface area contributed by atoms with Crippen LogP contribution in [0.1, 0.15) is 11.1 Å². The fourth-order valence-electron chi connectivity index (χ4n) is 1.78. The molecule has 0 radical (unpaired) electrons. The molecule has 0 amide bonds. The van der Waals surface area contributed by atoms with Crippen molar-refractivity contribution in [3.05, 3.63) is 59.7 Å². The lowest BCUT2D eigenvalue weighted by molar-refractivity contribution is 0.595. The molecule has 3 nitrogen and oxygen atoms in total. The molecule has 2 N–H and O–H groups in total. The second-order valence-electron chi connectivity index (χ2n) is 4.29. The molecule has 0 saturated carbocycles. The van der Waals surface area contributed by atoms with Crippen molar-refractivity contribution in [1.29, 1.82) is 0 Å². The number of anilines is 1. The van der Waals surface area contributed by atoms with Gasteiger partial charge in [0.1, 0.15) is 0 Å². The van der Waals surface area contributed by atoms with E-state index in [0.29, 0.717) is 5.69 Å². The van der Waals surface area contributed by atoms with Crippen molar-refractivity contribution in [1.82, 2.24) is 0 Å². The van der Waals surface area contributed by atoms with Gasteiger partial charge in [0.15, 0.2) is 9.84 Å². The van der Waals surface area contributed by atoms with Crippen molar-refractivity contribution >= 4 is 15.5 Å². The fraction of sp³-hybridized carbons (Fsp3) is 0.143. The monoisotopic (exact) mass is 261 g/mol. The van der Waals surface area contributed by atoms with Gasteiger partial charge in [0.2, 0.25) is 0 Å². The summed E-state index contributed by atoms with van der Waals surface area (Å²) in [6.07, 6.45) is 0. The predicted molar refractivity (Wildman–Crippen MR) is 72.9 cm³/mol. The Morgan fingerprint density at radius 1 is 1.06 bits per heavy atom. The lowest BCUT2D eigenvalue weighted by Gasteiger charge is -2.08. The van der Waals surface area contributed by atoms with Crippen LogP contribution in [0.3, 0.4) is 0 Å². The first kappa shape index (κ1) is 12.6. The molecule has 2 aromatic carbocycles. The minimum atomic E-state index is -3.39. The summed E-state index contributed by atoms with van der Waals surface area (Å²) < 4.78 is 24.6. The average Bonchev–Trinajstić information content (AvgIpc) is 2.33. The van der Waals surface area contributed by atoms with Gasteiger partial charge in [-0.05, 0) is 30.2 Å². The van der Waals surface area contributed by atoms with E-state index >= 15 is 0 Å². The zero-order valence-corrected chi connectivity index (χ0v) is 10.9. The Balaban J connectivity index is 2.40. The Labute approximate surface area is 107 Å². The average molecular weight is 261 g/mol. The van der Waals surface area contributed by atoms with Crippen LogP contribution in [0.4, 0.5) is 5.69 Å². The molecule has 0 saturated heterocycles. The van der Waals surface area contributed by atoms with E-state index in [4.69, 9.17) is 5.73 Å². The molecule has 0 fully saturated rings. The predicted octanol–water partition coefficient (Wildman–Crippen LogP) is 2.55. The molecule has 0 heterocycles. The molecule has 0 aliphatic carbocycles. The van der Waals surface area contributed by atoms with Gasteiger partial charge in [-0.15, -0.1) is 0 Å². The van der Waals surface area contributed by atoms with Gasteiger partial charge < -0.3 is 5.73 Å². The standard InChI is InChI=1S/C14H15NO2S/c1-11-7-8-13(15)14(9-11)18(16,17)10-12-5-3-2-4-6-12/h2-9H,10,15H2,1H3. The SMILES string of the molecule is Cc1ccc(N)c(S(=O)(=O)Cc2ccccc2)c1.